The summed E-state index contributed by atoms with van der Waals surface area (Å²) in [6.45, 7) is 6.46. The lowest BCUT2D eigenvalue weighted by atomic mass is 10.0. The standard InChI is InChI=1S/C63H108O6/c1-4-7-10-13-16-19-22-25-27-28-29-30-31-32-33-34-36-38-41-44-47-50-53-56-62(65)68-59-60(58-67-61(64)55-52-49-46-43-40-37-24-21-18-15-12-9-6-3)69-63(66)57-54-51-48-45-42-39-35-26-23-20-17-14-11-8-5-2/h9,12,17-18,20-22,25-26,28-29,35,37,40,60H,4-8,10-11,13-16,19,23-24,27,30-34,36,38-39,41-59H2,1-3H3/b12-9-,20-17-,21-18-,25-22-,29-28-,35-26-,40-37-. The van der Waals surface area contributed by atoms with Gasteiger partial charge in [0.2, 0.25) is 0 Å². The highest BCUT2D eigenvalue weighted by Crippen LogP contribution is 2.15. The summed E-state index contributed by atoms with van der Waals surface area (Å²) in [4.78, 5) is 38.1. The molecule has 0 radical (unpaired) electrons. The molecule has 0 spiro atoms. The summed E-state index contributed by atoms with van der Waals surface area (Å²) in [6.07, 6.45) is 74.4. The maximum absolute atomic E-state index is 12.8. The van der Waals surface area contributed by atoms with E-state index in [2.05, 4.69) is 106 Å². The van der Waals surface area contributed by atoms with Crippen LogP contribution in [0.5, 0.6) is 0 Å². The lowest BCUT2D eigenvalue weighted by Gasteiger charge is -2.18. The van der Waals surface area contributed by atoms with Crippen molar-refractivity contribution < 1.29 is 28.6 Å². The molecular weight excluding hydrogens is 853 g/mol. The molecule has 0 amide bonds. The minimum Gasteiger partial charge on any atom is -0.462 e. The third kappa shape index (κ3) is 55.4. The Kier molecular flexibility index (Phi) is 54.3. The van der Waals surface area contributed by atoms with Crippen LogP contribution in [0.3, 0.4) is 0 Å². The van der Waals surface area contributed by atoms with Crippen LogP contribution in [0.25, 0.3) is 0 Å². The van der Waals surface area contributed by atoms with Crippen molar-refractivity contribution in [3.05, 3.63) is 85.1 Å². The third-order valence-electron chi connectivity index (χ3n) is 12.4. The minimum atomic E-state index is -0.797. The van der Waals surface area contributed by atoms with E-state index < -0.39 is 6.10 Å². The number of unbranched alkanes of at least 4 members (excludes halogenated alkanes) is 27. The fraction of sp³-hybridized carbons (Fsp3) is 0.730. The van der Waals surface area contributed by atoms with E-state index in [-0.39, 0.29) is 31.1 Å². The zero-order valence-electron chi connectivity index (χ0n) is 45.3. The van der Waals surface area contributed by atoms with Crippen molar-refractivity contribution in [3.63, 3.8) is 0 Å². The van der Waals surface area contributed by atoms with Crippen molar-refractivity contribution in [2.75, 3.05) is 13.2 Å². The Hall–Kier alpha value is -3.41. The predicted octanol–water partition coefficient (Wildman–Crippen LogP) is 19.5. The highest BCUT2D eigenvalue weighted by Gasteiger charge is 2.19. The van der Waals surface area contributed by atoms with Crippen molar-refractivity contribution in [3.8, 4) is 0 Å². The lowest BCUT2D eigenvalue weighted by Crippen LogP contribution is -2.30. The molecule has 1 unspecified atom stereocenters. The Balaban J connectivity index is 4.35. The van der Waals surface area contributed by atoms with Crippen LogP contribution < -0.4 is 0 Å². The van der Waals surface area contributed by atoms with Gasteiger partial charge in [0, 0.05) is 19.3 Å². The summed E-state index contributed by atoms with van der Waals surface area (Å²) in [5.41, 5.74) is 0. The van der Waals surface area contributed by atoms with Crippen LogP contribution >= 0.6 is 0 Å². The Morgan fingerprint density at radius 2 is 0.565 bits per heavy atom. The number of carbonyl (C=O) groups excluding carboxylic acids is 3. The molecule has 0 bridgehead atoms. The first-order valence-corrected chi connectivity index (χ1v) is 29.1. The highest BCUT2D eigenvalue weighted by atomic mass is 16.6. The van der Waals surface area contributed by atoms with E-state index in [1.165, 1.54) is 122 Å². The first-order chi connectivity index (χ1) is 34.0. The smallest absolute Gasteiger partial charge is 0.306 e. The number of hydrogen-bond acceptors (Lipinski definition) is 6. The molecule has 0 aromatic rings. The van der Waals surface area contributed by atoms with E-state index >= 15 is 0 Å². The lowest BCUT2D eigenvalue weighted by molar-refractivity contribution is -0.167. The van der Waals surface area contributed by atoms with Gasteiger partial charge in [-0.25, -0.2) is 0 Å². The summed E-state index contributed by atoms with van der Waals surface area (Å²) in [6, 6.07) is 0. The van der Waals surface area contributed by atoms with Gasteiger partial charge in [0.25, 0.3) is 0 Å². The summed E-state index contributed by atoms with van der Waals surface area (Å²) >= 11 is 0. The number of carbonyl (C=O) groups is 3. The van der Waals surface area contributed by atoms with Crippen LogP contribution in [0.1, 0.15) is 278 Å². The largest absolute Gasteiger partial charge is 0.462 e. The van der Waals surface area contributed by atoms with Gasteiger partial charge in [-0.3, -0.25) is 14.4 Å². The normalized spacial score (nSPS) is 12.7. The molecular formula is C63H108O6. The molecule has 0 aliphatic rings. The zero-order valence-corrected chi connectivity index (χ0v) is 45.3. The molecule has 0 saturated carbocycles. The maximum Gasteiger partial charge on any atom is 0.306 e. The monoisotopic (exact) mass is 961 g/mol. The predicted molar refractivity (Wildman–Crippen MR) is 297 cm³/mol. The second-order valence-electron chi connectivity index (χ2n) is 19.2. The molecule has 0 aliphatic carbocycles. The molecule has 0 heterocycles. The van der Waals surface area contributed by atoms with E-state index in [1.807, 2.05) is 0 Å². The van der Waals surface area contributed by atoms with Gasteiger partial charge in [-0.1, -0.05) is 228 Å². The van der Waals surface area contributed by atoms with E-state index in [9.17, 15) is 14.4 Å². The number of ether oxygens (including phenoxy) is 3. The summed E-state index contributed by atoms with van der Waals surface area (Å²) < 4.78 is 16.8. The van der Waals surface area contributed by atoms with Gasteiger partial charge in [0.1, 0.15) is 13.2 Å². The van der Waals surface area contributed by atoms with Crippen LogP contribution in [-0.4, -0.2) is 37.2 Å². The summed E-state index contributed by atoms with van der Waals surface area (Å²) in [5, 5.41) is 0. The fourth-order valence-corrected chi connectivity index (χ4v) is 7.99. The first kappa shape index (κ1) is 65.6. The molecule has 0 rings (SSSR count). The Bertz CT molecular complexity index is 1330. The second kappa shape index (κ2) is 57.2. The first-order valence-electron chi connectivity index (χ1n) is 29.1. The number of rotatable bonds is 52. The number of hydrogen-bond donors (Lipinski definition) is 0. The average molecular weight is 962 g/mol. The van der Waals surface area contributed by atoms with Gasteiger partial charge in [-0.2, -0.15) is 0 Å². The minimum absolute atomic E-state index is 0.0926. The van der Waals surface area contributed by atoms with Gasteiger partial charge >= 0.3 is 17.9 Å². The zero-order chi connectivity index (χ0) is 50.0. The molecule has 0 aliphatic heterocycles. The summed E-state index contributed by atoms with van der Waals surface area (Å²) in [5.74, 6) is -0.934. The Morgan fingerprint density at radius 1 is 0.304 bits per heavy atom. The molecule has 6 nitrogen and oxygen atoms in total. The number of allylic oxidation sites excluding steroid dienone is 14. The van der Waals surface area contributed by atoms with Gasteiger partial charge in [0.15, 0.2) is 6.10 Å². The summed E-state index contributed by atoms with van der Waals surface area (Å²) in [7, 11) is 0. The molecule has 1 atom stereocenters. The van der Waals surface area contributed by atoms with Crippen molar-refractivity contribution in [1.29, 1.82) is 0 Å². The molecule has 0 aromatic carbocycles. The molecule has 0 fully saturated rings. The SMILES string of the molecule is CC/C=C\C/C=C\C/C=C\CCCCCC(=O)OCC(COC(=O)CCCCCCCCCCCCC/C=C\C/C=C\CCCCCCC)OC(=O)CCCCCCC/C=C\C/C=C\CCCCC. The van der Waals surface area contributed by atoms with Crippen molar-refractivity contribution in [2.45, 2.75) is 284 Å². The van der Waals surface area contributed by atoms with Crippen molar-refractivity contribution >= 4 is 17.9 Å². The van der Waals surface area contributed by atoms with Gasteiger partial charge < -0.3 is 14.2 Å². The molecule has 69 heavy (non-hydrogen) atoms. The number of esters is 3. The molecule has 6 heteroatoms. The van der Waals surface area contributed by atoms with Crippen LogP contribution in [0, 0.1) is 0 Å². The molecule has 0 N–H and O–H groups in total. The van der Waals surface area contributed by atoms with Crippen LogP contribution in [0.4, 0.5) is 0 Å². The molecule has 0 aromatic heterocycles. The van der Waals surface area contributed by atoms with Crippen LogP contribution in [0.15, 0.2) is 85.1 Å². The maximum atomic E-state index is 12.8. The van der Waals surface area contributed by atoms with Crippen molar-refractivity contribution in [1.82, 2.24) is 0 Å². The highest BCUT2D eigenvalue weighted by molar-refractivity contribution is 5.71. The van der Waals surface area contributed by atoms with Crippen LogP contribution in [0.2, 0.25) is 0 Å². The topological polar surface area (TPSA) is 78.9 Å². The Morgan fingerprint density at radius 3 is 0.928 bits per heavy atom. The Labute approximate surface area is 426 Å². The van der Waals surface area contributed by atoms with E-state index in [4.69, 9.17) is 14.2 Å². The second-order valence-corrected chi connectivity index (χ2v) is 19.2. The molecule has 396 valence electrons. The van der Waals surface area contributed by atoms with Gasteiger partial charge in [-0.15, -0.1) is 0 Å². The van der Waals surface area contributed by atoms with Crippen LogP contribution in [-0.2, 0) is 28.6 Å². The van der Waals surface area contributed by atoms with Crippen molar-refractivity contribution in [2.24, 2.45) is 0 Å². The molecule has 0 saturated heterocycles. The van der Waals surface area contributed by atoms with Gasteiger partial charge in [0.05, 0.1) is 0 Å². The average Bonchev–Trinajstić information content (AvgIpc) is 3.35. The fourth-order valence-electron chi connectivity index (χ4n) is 7.99. The van der Waals surface area contributed by atoms with E-state index in [1.54, 1.807) is 0 Å². The third-order valence-corrected chi connectivity index (χ3v) is 12.4. The van der Waals surface area contributed by atoms with E-state index in [0.717, 1.165) is 116 Å². The van der Waals surface area contributed by atoms with Gasteiger partial charge in [-0.05, 0) is 116 Å². The quantitative estimate of drug-likeness (QED) is 0.0262. The van der Waals surface area contributed by atoms with E-state index in [0.29, 0.717) is 19.3 Å².